The number of aliphatic imine (C=N–C) groups is 1. The van der Waals surface area contributed by atoms with Crippen molar-refractivity contribution >= 4 is 57.6 Å². The third-order valence-corrected chi connectivity index (χ3v) is 5.81. The van der Waals surface area contributed by atoms with Crippen LogP contribution in [0.2, 0.25) is 5.02 Å². The fourth-order valence-corrected chi connectivity index (χ4v) is 4.00. The molecular formula is C25H24ClN5OS. The quantitative estimate of drug-likeness (QED) is 0.540. The number of hydrogen-bond acceptors (Lipinski definition) is 4. The Balaban J connectivity index is 1.65. The lowest BCUT2D eigenvalue weighted by Crippen LogP contribution is -2.47. The lowest BCUT2D eigenvalue weighted by atomic mass is 10.0. The second-order valence-electron chi connectivity index (χ2n) is 7.84. The van der Waals surface area contributed by atoms with Crippen molar-refractivity contribution in [3.05, 3.63) is 88.9 Å². The van der Waals surface area contributed by atoms with Crippen molar-refractivity contribution in [2.75, 3.05) is 36.3 Å². The molecule has 6 nitrogen and oxygen atoms in total. The molecule has 1 aliphatic rings. The molecule has 0 bridgehead atoms. The number of benzodiazepines with no additional fused rings is 1. The average Bonchev–Trinajstić information content (AvgIpc) is 2.90. The van der Waals surface area contributed by atoms with Crippen LogP contribution in [-0.2, 0) is 4.79 Å². The van der Waals surface area contributed by atoms with Gasteiger partial charge in [-0.15, -0.1) is 0 Å². The molecule has 1 aliphatic heterocycles. The molecule has 1 amide bonds. The average molecular weight is 478 g/mol. The Hall–Kier alpha value is -3.42. The number of amides is 1. The van der Waals surface area contributed by atoms with Gasteiger partial charge in [0.05, 0.1) is 11.4 Å². The first-order chi connectivity index (χ1) is 15.8. The SMILES string of the molecule is CN(C)c1ccc(NC(=S)NC2N=C(c3ccccc3)c3cc(Cl)ccc3N(C)C2=O)cc1. The molecule has 3 aromatic carbocycles. The lowest BCUT2D eigenvalue weighted by Gasteiger charge is -2.22. The Kier molecular flexibility index (Phi) is 6.62. The Morgan fingerprint density at radius 1 is 1.06 bits per heavy atom. The number of nitrogens with zero attached hydrogens (tertiary/aromatic N) is 3. The van der Waals surface area contributed by atoms with Gasteiger partial charge in [-0.2, -0.15) is 0 Å². The van der Waals surface area contributed by atoms with Crippen LogP contribution in [0.15, 0.2) is 77.8 Å². The van der Waals surface area contributed by atoms with Gasteiger partial charge in [0.25, 0.3) is 5.91 Å². The van der Waals surface area contributed by atoms with Crippen molar-refractivity contribution < 1.29 is 4.79 Å². The standard InChI is InChI=1S/C25H24ClN5OS/c1-30(2)19-12-10-18(11-13-19)27-25(33)29-23-24(32)31(3)21-14-9-17(26)15-20(21)22(28-23)16-7-5-4-6-8-16/h4-15,23H,1-3H3,(H2,27,29,33). The largest absolute Gasteiger partial charge is 0.378 e. The molecule has 168 valence electrons. The molecule has 8 heteroatoms. The molecule has 4 rings (SSSR count). The molecule has 0 radical (unpaired) electrons. The third kappa shape index (κ3) is 4.99. The summed E-state index contributed by atoms with van der Waals surface area (Å²) in [4.78, 5) is 21.7. The van der Waals surface area contributed by atoms with Crippen molar-refractivity contribution in [3.63, 3.8) is 0 Å². The number of carbonyl (C=O) groups excluding carboxylic acids is 1. The minimum Gasteiger partial charge on any atom is -0.378 e. The highest BCUT2D eigenvalue weighted by Gasteiger charge is 2.30. The molecule has 1 atom stereocenters. The number of fused-ring (bicyclic) bond motifs is 1. The molecule has 0 aliphatic carbocycles. The van der Waals surface area contributed by atoms with E-state index in [4.69, 9.17) is 28.8 Å². The summed E-state index contributed by atoms with van der Waals surface area (Å²) in [6.07, 6.45) is -0.905. The number of carbonyl (C=O) groups is 1. The fraction of sp³-hybridized carbons (Fsp3) is 0.160. The molecule has 0 spiro atoms. The number of rotatable bonds is 4. The van der Waals surface area contributed by atoms with Gasteiger partial charge in [-0.05, 0) is 54.7 Å². The van der Waals surface area contributed by atoms with E-state index >= 15 is 0 Å². The Morgan fingerprint density at radius 3 is 2.42 bits per heavy atom. The van der Waals surface area contributed by atoms with Crippen molar-refractivity contribution in [1.29, 1.82) is 0 Å². The van der Waals surface area contributed by atoms with Crippen LogP contribution < -0.4 is 20.4 Å². The molecule has 33 heavy (non-hydrogen) atoms. The smallest absolute Gasteiger partial charge is 0.272 e. The molecule has 1 unspecified atom stereocenters. The maximum Gasteiger partial charge on any atom is 0.272 e. The van der Waals surface area contributed by atoms with Gasteiger partial charge in [-0.25, -0.2) is 4.99 Å². The Morgan fingerprint density at radius 2 is 1.76 bits per heavy atom. The zero-order chi connectivity index (χ0) is 23.5. The predicted octanol–water partition coefficient (Wildman–Crippen LogP) is 4.53. The molecule has 1 heterocycles. The van der Waals surface area contributed by atoms with Crippen LogP contribution in [0, 0.1) is 0 Å². The van der Waals surface area contributed by atoms with Gasteiger partial charge in [0.2, 0.25) is 6.17 Å². The summed E-state index contributed by atoms with van der Waals surface area (Å²) < 4.78 is 0. The number of likely N-dealkylation sites (N-methyl/N-ethyl adjacent to an activating group) is 1. The molecular weight excluding hydrogens is 454 g/mol. The number of thiocarbonyl (C=S) groups is 1. The number of halogens is 1. The summed E-state index contributed by atoms with van der Waals surface area (Å²) in [6, 6.07) is 23.0. The highest BCUT2D eigenvalue weighted by molar-refractivity contribution is 7.80. The maximum absolute atomic E-state index is 13.3. The number of nitrogens with one attached hydrogen (secondary N) is 2. The summed E-state index contributed by atoms with van der Waals surface area (Å²) in [7, 11) is 5.69. The van der Waals surface area contributed by atoms with Crippen LogP contribution >= 0.6 is 23.8 Å². The van der Waals surface area contributed by atoms with Crippen LogP contribution in [0.5, 0.6) is 0 Å². The van der Waals surface area contributed by atoms with E-state index in [9.17, 15) is 4.79 Å². The van der Waals surface area contributed by atoms with Crippen LogP contribution in [0.3, 0.4) is 0 Å². The summed E-state index contributed by atoms with van der Waals surface area (Å²) in [5.41, 5.74) is 4.96. The van der Waals surface area contributed by atoms with Gasteiger partial charge in [-0.1, -0.05) is 41.9 Å². The van der Waals surface area contributed by atoms with Crippen LogP contribution in [0.1, 0.15) is 11.1 Å². The molecule has 0 fully saturated rings. The van der Waals surface area contributed by atoms with Crippen molar-refractivity contribution in [3.8, 4) is 0 Å². The Labute approximate surface area is 203 Å². The van der Waals surface area contributed by atoms with E-state index in [1.165, 1.54) is 0 Å². The van der Waals surface area contributed by atoms with E-state index in [1.807, 2.05) is 85.7 Å². The highest BCUT2D eigenvalue weighted by atomic mass is 35.5. The van der Waals surface area contributed by atoms with Gasteiger partial charge in [0.15, 0.2) is 5.11 Å². The second kappa shape index (κ2) is 9.60. The summed E-state index contributed by atoms with van der Waals surface area (Å²) >= 11 is 11.8. The molecule has 0 saturated heterocycles. The zero-order valence-corrected chi connectivity index (χ0v) is 20.1. The van der Waals surface area contributed by atoms with Crippen LogP contribution in [-0.4, -0.2) is 44.0 Å². The van der Waals surface area contributed by atoms with Gasteiger partial charge in [0.1, 0.15) is 0 Å². The molecule has 0 aromatic heterocycles. The number of anilines is 3. The van der Waals surface area contributed by atoms with Gasteiger partial charge < -0.3 is 20.4 Å². The second-order valence-corrected chi connectivity index (χ2v) is 8.69. The van der Waals surface area contributed by atoms with Gasteiger partial charge in [0, 0.05) is 48.7 Å². The Bertz CT molecular complexity index is 1210. The number of hydrogen-bond donors (Lipinski definition) is 2. The monoisotopic (exact) mass is 477 g/mol. The van der Waals surface area contributed by atoms with Gasteiger partial charge >= 0.3 is 0 Å². The van der Waals surface area contributed by atoms with E-state index in [0.29, 0.717) is 15.8 Å². The minimum absolute atomic E-state index is 0.225. The topological polar surface area (TPSA) is 60.0 Å². The van der Waals surface area contributed by atoms with Crippen LogP contribution in [0.25, 0.3) is 0 Å². The summed E-state index contributed by atoms with van der Waals surface area (Å²) in [5.74, 6) is -0.225. The first kappa shape index (κ1) is 22.8. The van der Waals surface area contributed by atoms with Crippen molar-refractivity contribution in [2.45, 2.75) is 6.17 Å². The predicted molar refractivity (Wildman–Crippen MR) is 141 cm³/mol. The summed E-state index contributed by atoms with van der Waals surface area (Å²) in [6.45, 7) is 0. The van der Waals surface area contributed by atoms with E-state index < -0.39 is 6.17 Å². The first-order valence-corrected chi connectivity index (χ1v) is 11.2. The molecule has 3 aromatic rings. The third-order valence-electron chi connectivity index (χ3n) is 5.35. The van der Waals surface area contributed by atoms with E-state index in [1.54, 1.807) is 18.0 Å². The zero-order valence-electron chi connectivity index (χ0n) is 18.5. The highest BCUT2D eigenvalue weighted by Crippen LogP contribution is 2.30. The minimum atomic E-state index is -0.905. The van der Waals surface area contributed by atoms with Gasteiger partial charge in [-0.3, -0.25) is 4.79 Å². The van der Waals surface area contributed by atoms with E-state index in [2.05, 4.69) is 10.6 Å². The van der Waals surface area contributed by atoms with E-state index in [0.717, 1.165) is 28.2 Å². The normalized spacial score (nSPS) is 15.3. The fourth-order valence-electron chi connectivity index (χ4n) is 3.60. The first-order valence-electron chi connectivity index (χ1n) is 10.4. The molecule has 0 saturated carbocycles. The maximum atomic E-state index is 13.3. The van der Waals surface area contributed by atoms with Crippen LogP contribution in [0.4, 0.5) is 17.1 Å². The summed E-state index contributed by atoms with van der Waals surface area (Å²) in [5, 5.41) is 7.09. The molecule has 2 N–H and O–H groups in total. The van der Waals surface area contributed by atoms with Crippen molar-refractivity contribution in [1.82, 2.24) is 5.32 Å². The number of benzene rings is 3. The van der Waals surface area contributed by atoms with E-state index in [-0.39, 0.29) is 5.91 Å². The lowest BCUT2D eigenvalue weighted by molar-refractivity contribution is -0.119. The van der Waals surface area contributed by atoms with Crippen molar-refractivity contribution in [2.24, 2.45) is 4.99 Å².